The van der Waals surface area contributed by atoms with Gasteiger partial charge in [0.2, 0.25) is 0 Å². The second-order valence-electron chi connectivity index (χ2n) is 16.1. The molecule has 0 radical (unpaired) electrons. The quantitative estimate of drug-likeness (QED) is 0.174. The van der Waals surface area contributed by atoms with Crippen molar-refractivity contribution in [3.05, 3.63) is 212 Å². The normalized spacial score (nSPS) is 11.9. The Morgan fingerprint density at radius 1 is 0.339 bits per heavy atom. The summed E-state index contributed by atoms with van der Waals surface area (Å²) in [6.07, 6.45) is 0. The molecular formula is C58H35N3O. The molecule has 0 saturated heterocycles. The Balaban J connectivity index is 0.979. The molecule has 0 fully saturated rings. The third-order valence-corrected chi connectivity index (χ3v) is 12.6. The average Bonchev–Trinajstić information content (AvgIpc) is 3.88. The summed E-state index contributed by atoms with van der Waals surface area (Å²) in [5, 5.41) is 11.8. The molecule has 13 aromatic rings. The second kappa shape index (κ2) is 13.6. The number of furan rings is 1. The maximum Gasteiger partial charge on any atom is 0.160 e. The van der Waals surface area contributed by atoms with E-state index in [9.17, 15) is 0 Å². The molecule has 3 heterocycles. The van der Waals surface area contributed by atoms with Crippen LogP contribution in [-0.2, 0) is 0 Å². The first-order valence-corrected chi connectivity index (χ1v) is 21.1. The Labute approximate surface area is 356 Å². The van der Waals surface area contributed by atoms with Gasteiger partial charge in [-0.05, 0) is 98.0 Å². The molecule has 0 aliphatic heterocycles. The lowest BCUT2D eigenvalue weighted by molar-refractivity contribution is 0.669. The van der Waals surface area contributed by atoms with Crippen molar-refractivity contribution in [1.29, 1.82) is 0 Å². The van der Waals surface area contributed by atoms with Crippen molar-refractivity contribution >= 4 is 76.1 Å². The Bertz CT molecular complexity index is 3920. The highest BCUT2D eigenvalue weighted by molar-refractivity contribution is 6.25. The average molecular weight is 790 g/mol. The second-order valence-corrected chi connectivity index (χ2v) is 16.1. The lowest BCUT2D eigenvalue weighted by Crippen LogP contribution is -1.96. The van der Waals surface area contributed by atoms with Gasteiger partial charge in [-0.25, -0.2) is 9.97 Å². The van der Waals surface area contributed by atoms with Gasteiger partial charge in [0.15, 0.2) is 5.82 Å². The van der Waals surface area contributed by atoms with Gasteiger partial charge in [-0.3, -0.25) is 0 Å². The van der Waals surface area contributed by atoms with E-state index in [1.165, 1.54) is 43.4 Å². The van der Waals surface area contributed by atoms with Crippen LogP contribution in [0.15, 0.2) is 217 Å². The summed E-state index contributed by atoms with van der Waals surface area (Å²) < 4.78 is 9.22. The minimum Gasteiger partial charge on any atom is -0.456 e. The minimum atomic E-state index is 0.681. The van der Waals surface area contributed by atoms with Crippen LogP contribution in [-0.4, -0.2) is 14.5 Å². The zero-order chi connectivity index (χ0) is 40.7. The van der Waals surface area contributed by atoms with Gasteiger partial charge >= 0.3 is 0 Å². The van der Waals surface area contributed by atoms with E-state index in [2.05, 4.69) is 199 Å². The van der Waals surface area contributed by atoms with E-state index in [1.807, 2.05) is 18.2 Å². The predicted molar refractivity (Wildman–Crippen MR) is 258 cm³/mol. The van der Waals surface area contributed by atoms with Crippen LogP contribution >= 0.6 is 0 Å². The van der Waals surface area contributed by atoms with E-state index in [0.29, 0.717) is 5.82 Å². The van der Waals surface area contributed by atoms with Gasteiger partial charge in [-0.15, -0.1) is 0 Å². The number of benzene rings is 10. The molecule has 0 bridgehead atoms. The highest BCUT2D eigenvalue weighted by Gasteiger charge is 2.21. The fraction of sp³-hybridized carbons (Fsp3) is 0. The van der Waals surface area contributed by atoms with Crippen LogP contribution in [0.25, 0.3) is 127 Å². The summed E-state index contributed by atoms with van der Waals surface area (Å²) in [4.78, 5) is 10.4. The summed E-state index contributed by atoms with van der Waals surface area (Å²) in [6, 6.07) is 75.6. The van der Waals surface area contributed by atoms with Crippen LogP contribution in [0.2, 0.25) is 0 Å². The molecule has 62 heavy (non-hydrogen) atoms. The molecule has 4 heteroatoms. The third-order valence-electron chi connectivity index (χ3n) is 12.6. The summed E-state index contributed by atoms with van der Waals surface area (Å²) in [5.74, 6) is 0.681. The Morgan fingerprint density at radius 2 is 1.00 bits per heavy atom. The predicted octanol–water partition coefficient (Wildman–Crippen LogP) is 15.6. The van der Waals surface area contributed by atoms with Gasteiger partial charge in [0.05, 0.1) is 22.4 Å². The maximum absolute atomic E-state index is 6.83. The number of hydrogen-bond donors (Lipinski definition) is 0. The van der Waals surface area contributed by atoms with Crippen LogP contribution in [0.3, 0.4) is 0 Å². The van der Waals surface area contributed by atoms with Gasteiger partial charge in [-0.2, -0.15) is 0 Å². The van der Waals surface area contributed by atoms with Crippen LogP contribution in [0.5, 0.6) is 0 Å². The van der Waals surface area contributed by atoms with Crippen LogP contribution in [0.1, 0.15) is 0 Å². The lowest BCUT2D eigenvalue weighted by Gasteiger charge is -2.12. The first kappa shape index (κ1) is 34.5. The van der Waals surface area contributed by atoms with Gasteiger partial charge in [0.1, 0.15) is 11.2 Å². The fourth-order valence-corrected chi connectivity index (χ4v) is 9.65. The Kier molecular flexibility index (Phi) is 7.57. The SMILES string of the molecule is c1ccc(-c2nc(-c3ccc4ccccc4c3)cc(-c3cccc4oc5cc(-c6ccc(-n7c8ccccc8c8cc9ccccc9cc87)cc6)c6ccccc6c5c34)n2)cc1. The minimum absolute atomic E-state index is 0.681. The standard InChI is InChI=1S/C58H35N3O/c1-2-14-38(15-3-1)58-59-50(42-26-25-36-13-4-5-16-39(36)31-42)35-51(60-58)47-22-12-24-54-57(47)56-46-21-9-8-19-44(46)48(34-55(56)62-54)37-27-29-43(30-28-37)61-52-23-11-10-20-45(52)49-32-40-17-6-7-18-41(40)33-53(49)61/h1-35H. The van der Waals surface area contributed by atoms with Gasteiger partial charge < -0.3 is 8.98 Å². The van der Waals surface area contributed by atoms with Crippen molar-refractivity contribution in [2.75, 3.05) is 0 Å². The number of hydrogen-bond acceptors (Lipinski definition) is 3. The zero-order valence-corrected chi connectivity index (χ0v) is 33.5. The molecule has 13 rings (SSSR count). The lowest BCUT2D eigenvalue weighted by atomic mass is 9.93. The summed E-state index contributed by atoms with van der Waals surface area (Å²) in [5.41, 5.74) is 12.2. The molecule has 0 N–H and O–H groups in total. The third kappa shape index (κ3) is 5.40. The largest absolute Gasteiger partial charge is 0.456 e. The van der Waals surface area contributed by atoms with Gasteiger partial charge in [0, 0.05) is 43.9 Å². The first-order valence-electron chi connectivity index (χ1n) is 21.1. The molecule has 0 atom stereocenters. The molecule has 10 aromatic carbocycles. The van der Waals surface area contributed by atoms with E-state index < -0.39 is 0 Å². The summed E-state index contributed by atoms with van der Waals surface area (Å²) >= 11 is 0. The maximum atomic E-state index is 6.83. The number of para-hydroxylation sites is 1. The van der Waals surface area contributed by atoms with Gasteiger partial charge in [0.25, 0.3) is 0 Å². The highest BCUT2D eigenvalue weighted by atomic mass is 16.3. The zero-order valence-electron chi connectivity index (χ0n) is 33.5. The molecule has 288 valence electrons. The monoisotopic (exact) mass is 789 g/mol. The molecule has 4 nitrogen and oxygen atoms in total. The van der Waals surface area contributed by atoms with E-state index in [4.69, 9.17) is 14.4 Å². The van der Waals surface area contributed by atoms with E-state index >= 15 is 0 Å². The van der Waals surface area contributed by atoms with E-state index in [0.717, 1.165) is 77.6 Å². The number of nitrogens with zero attached hydrogens (tertiary/aromatic N) is 3. The van der Waals surface area contributed by atoms with Crippen LogP contribution in [0.4, 0.5) is 0 Å². The van der Waals surface area contributed by atoms with Gasteiger partial charge in [-0.1, -0.05) is 158 Å². The molecule has 0 amide bonds. The summed E-state index contributed by atoms with van der Waals surface area (Å²) in [7, 11) is 0. The van der Waals surface area contributed by atoms with E-state index in [1.54, 1.807) is 0 Å². The first-order chi connectivity index (χ1) is 30.7. The number of fused-ring (bicyclic) bond motifs is 10. The molecule has 0 saturated carbocycles. The van der Waals surface area contributed by atoms with Crippen molar-refractivity contribution in [2.24, 2.45) is 0 Å². The molecule has 0 spiro atoms. The van der Waals surface area contributed by atoms with Crippen molar-refractivity contribution in [2.45, 2.75) is 0 Å². The van der Waals surface area contributed by atoms with Crippen LogP contribution < -0.4 is 0 Å². The number of aromatic nitrogens is 3. The Morgan fingerprint density at radius 3 is 1.82 bits per heavy atom. The highest BCUT2D eigenvalue weighted by Crippen LogP contribution is 2.44. The van der Waals surface area contributed by atoms with Crippen molar-refractivity contribution in [3.8, 4) is 50.7 Å². The van der Waals surface area contributed by atoms with E-state index in [-0.39, 0.29) is 0 Å². The Hall–Kier alpha value is -8.34. The topological polar surface area (TPSA) is 43.9 Å². The number of rotatable bonds is 5. The van der Waals surface area contributed by atoms with Crippen molar-refractivity contribution in [1.82, 2.24) is 14.5 Å². The smallest absolute Gasteiger partial charge is 0.160 e. The molecule has 0 aliphatic carbocycles. The van der Waals surface area contributed by atoms with Crippen LogP contribution in [0, 0.1) is 0 Å². The summed E-state index contributed by atoms with van der Waals surface area (Å²) in [6.45, 7) is 0. The molecular weight excluding hydrogens is 755 g/mol. The van der Waals surface area contributed by atoms with Crippen molar-refractivity contribution in [3.63, 3.8) is 0 Å². The molecule has 3 aromatic heterocycles. The fourth-order valence-electron chi connectivity index (χ4n) is 9.65. The molecule has 0 aliphatic rings. The van der Waals surface area contributed by atoms with Crippen molar-refractivity contribution < 1.29 is 4.42 Å². The molecule has 0 unspecified atom stereocenters.